The van der Waals surface area contributed by atoms with Crippen LogP contribution in [-0.4, -0.2) is 14.7 Å². The van der Waals surface area contributed by atoms with Crippen molar-refractivity contribution >= 4 is 11.6 Å². The highest BCUT2D eigenvalue weighted by Gasteiger charge is 2.04. The Morgan fingerprint density at radius 2 is 1.96 bits per heavy atom. The Morgan fingerprint density at radius 3 is 2.70 bits per heavy atom. The molecule has 1 aromatic carbocycles. The summed E-state index contributed by atoms with van der Waals surface area (Å²) >= 11 is 6.17. The number of aryl methyl sites for hydroxylation is 1. The van der Waals surface area contributed by atoms with Crippen molar-refractivity contribution in [2.24, 2.45) is 0 Å². The van der Waals surface area contributed by atoms with E-state index in [1.54, 1.807) is 17.0 Å². The van der Waals surface area contributed by atoms with Crippen LogP contribution >= 0.6 is 11.6 Å². The van der Waals surface area contributed by atoms with Crippen molar-refractivity contribution < 1.29 is 5.11 Å². The highest BCUT2D eigenvalue weighted by atomic mass is 35.5. The monoisotopic (exact) mass is 326 g/mol. The van der Waals surface area contributed by atoms with Gasteiger partial charge < -0.3 is 9.67 Å². The summed E-state index contributed by atoms with van der Waals surface area (Å²) in [5.74, 6) is 0.334. The lowest BCUT2D eigenvalue weighted by molar-refractivity contribution is 0.465. The minimum atomic E-state index is -0.410. The molecule has 0 fully saturated rings. The van der Waals surface area contributed by atoms with Crippen LogP contribution in [0, 0.1) is 6.92 Å². The van der Waals surface area contributed by atoms with Gasteiger partial charge in [-0.05, 0) is 48.2 Å². The van der Waals surface area contributed by atoms with Gasteiger partial charge in [0.1, 0.15) is 5.82 Å². The van der Waals surface area contributed by atoms with Gasteiger partial charge in [-0.3, -0.25) is 4.79 Å². The normalized spacial score (nSPS) is 10.7. The van der Waals surface area contributed by atoms with E-state index in [9.17, 15) is 9.90 Å². The average Bonchev–Trinajstić information content (AvgIpc) is 2.54. The quantitative estimate of drug-likeness (QED) is 0.801. The smallest absolute Gasteiger partial charge is 0.223 e. The maximum absolute atomic E-state index is 11.3. The molecule has 0 aliphatic rings. The van der Waals surface area contributed by atoms with E-state index in [-0.39, 0.29) is 5.75 Å². The maximum atomic E-state index is 11.3. The van der Waals surface area contributed by atoms with E-state index in [1.807, 2.05) is 37.3 Å². The molecule has 5 heteroatoms. The van der Waals surface area contributed by atoms with E-state index in [2.05, 4.69) is 4.98 Å². The van der Waals surface area contributed by atoms with Crippen molar-refractivity contribution in [2.75, 3.05) is 0 Å². The Balaban J connectivity index is 1.91. The fourth-order valence-electron chi connectivity index (χ4n) is 2.31. The number of aromatic nitrogens is 2. The zero-order valence-corrected chi connectivity index (χ0v) is 13.3. The average molecular weight is 327 g/mol. The first-order valence-electron chi connectivity index (χ1n) is 7.14. The highest BCUT2D eigenvalue weighted by Crippen LogP contribution is 2.19. The van der Waals surface area contributed by atoms with Crippen LogP contribution in [0.4, 0.5) is 0 Å². The second kappa shape index (κ2) is 6.26. The lowest BCUT2D eigenvalue weighted by atomic mass is 10.0. The second-order valence-corrected chi connectivity index (χ2v) is 5.79. The van der Waals surface area contributed by atoms with Gasteiger partial charge >= 0.3 is 0 Å². The molecule has 0 unspecified atom stereocenters. The molecule has 2 heterocycles. The zero-order chi connectivity index (χ0) is 16.4. The molecule has 0 aliphatic carbocycles. The minimum Gasteiger partial charge on any atom is -0.503 e. The van der Waals surface area contributed by atoms with Crippen LogP contribution in [-0.2, 0) is 6.42 Å². The number of aromatic hydroxyl groups is 1. The number of halogens is 1. The van der Waals surface area contributed by atoms with Gasteiger partial charge in [0.2, 0.25) is 5.43 Å². The molecule has 4 nitrogen and oxygen atoms in total. The summed E-state index contributed by atoms with van der Waals surface area (Å²) in [6, 6.07) is 11.2. The van der Waals surface area contributed by atoms with Gasteiger partial charge in [0.15, 0.2) is 5.75 Å². The van der Waals surface area contributed by atoms with Crippen LogP contribution in [0.3, 0.4) is 0 Å². The molecule has 0 bridgehead atoms. The largest absolute Gasteiger partial charge is 0.503 e. The Kier molecular flexibility index (Phi) is 4.17. The lowest BCUT2D eigenvalue weighted by Gasteiger charge is -2.09. The third kappa shape index (κ3) is 3.43. The zero-order valence-electron chi connectivity index (χ0n) is 12.5. The summed E-state index contributed by atoms with van der Waals surface area (Å²) in [7, 11) is 0. The molecule has 0 amide bonds. The molecule has 23 heavy (non-hydrogen) atoms. The van der Waals surface area contributed by atoms with Crippen LogP contribution in [0.1, 0.15) is 16.7 Å². The molecule has 2 aromatic heterocycles. The summed E-state index contributed by atoms with van der Waals surface area (Å²) in [5, 5.41) is 10.3. The molecule has 116 valence electrons. The van der Waals surface area contributed by atoms with Crippen molar-refractivity contribution in [1.29, 1.82) is 0 Å². The van der Waals surface area contributed by atoms with Crippen LogP contribution < -0.4 is 5.43 Å². The van der Waals surface area contributed by atoms with E-state index in [0.29, 0.717) is 5.82 Å². The van der Waals surface area contributed by atoms with Crippen molar-refractivity contribution in [3.05, 3.63) is 86.9 Å². The van der Waals surface area contributed by atoms with Gasteiger partial charge in [0.05, 0.1) is 6.20 Å². The van der Waals surface area contributed by atoms with E-state index in [0.717, 1.165) is 28.1 Å². The van der Waals surface area contributed by atoms with E-state index >= 15 is 0 Å². The highest BCUT2D eigenvalue weighted by molar-refractivity contribution is 6.31. The summed E-state index contributed by atoms with van der Waals surface area (Å²) in [6.45, 7) is 1.97. The van der Waals surface area contributed by atoms with Gasteiger partial charge in [-0.15, -0.1) is 0 Å². The fraction of sp³-hybridized carbons (Fsp3) is 0.111. The van der Waals surface area contributed by atoms with Crippen molar-refractivity contribution in [2.45, 2.75) is 13.3 Å². The SMILES string of the molecule is Cc1ccc(Cc2ccnc(-n3ccc(=O)c(O)c3)c2)cc1Cl. The first kappa shape index (κ1) is 15.3. The lowest BCUT2D eigenvalue weighted by Crippen LogP contribution is -2.05. The third-order valence-corrected chi connectivity index (χ3v) is 4.03. The number of nitrogens with zero attached hydrogens (tertiary/aromatic N) is 2. The van der Waals surface area contributed by atoms with Crippen LogP contribution in [0.25, 0.3) is 5.82 Å². The van der Waals surface area contributed by atoms with E-state index < -0.39 is 5.43 Å². The molecular weight excluding hydrogens is 312 g/mol. The number of hydrogen-bond donors (Lipinski definition) is 1. The first-order chi connectivity index (χ1) is 11.0. The Labute approximate surface area is 138 Å². The number of pyridine rings is 2. The summed E-state index contributed by atoms with van der Waals surface area (Å²) in [4.78, 5) is 15.6. The topological polar surface area (TPSA) is 55.1 Å². The van der Waals surface area contributed by atoms with Crippen LogP contribution in [0.5, 0.6) is 5.75 Å². The third-order valence-electron chi connectivity index (χ3n) is 3.62. The number of hydrogen-bond acceptors (Lipinski definition) is 3. The molecular formula is C18H15ClN2O2. The Hall–Kier alpha value is -2.59. The Bertz CT molecular complexity index is 919. The summed E-state index contributed by atoms with van der Waals surface area (Å²) < 4.78 is 1.61. The molecule has 0 aliphatic heterocycles. The van der Waals surface area contributed by atoms with Gasteiger partial charge in [0.25, 0.3) is 0 Å². The molecule has 3 aromatic rings. The molecule has 3 rings (SSSR count). The molecule has 0 spiro atoms. The molecule has 0 saturated heterocycles. The molecule has 0 radical (unpaired) electrons. The van der Waals surface area contributed by atoms with E-state index in [1.165, 1.54) is 12.3 Å². The standard InChI is InChI=1S/C18H15ClN2O2/c1-12-2-3-13(9-15(12)19)8-14-4-6-20-18(10-14)21-7-5-16(22)17(23)11-21/h2-7,9-11,23H,8H2,1H3. The van der Waals surface area contributed by atoms with E-state index in [4.69, 9.17) is 11.6 Å². The van der Waals surface area contributed by atoms with Crippen molar-refractivity contribution in [3.8, 4) is 11.6 Å². The van der Waals surface area contributed by atoms with Gasteiger partial charge in [-0.25, -0.2) is 4.98 Å². The second-order valence-electron chi connectivity index (χ2n) is 5.38. The summed E-state index contributed by atoms with van der Waals surface area (Å²) in [5.41, 5.74) is 2.81. The van der Waals surface area contributed by atoms with Gasteiger partial charge in [-0.1, -0.05) is 23.7 Å². The molecule has 0 atom stereocenters. The van der Waals surface area contributed by atoms with Crippen LogP contribution in [0.15, 0.2) is 59.8 Å². The van der Waals surface area contributed by atoms with Crippen LogP contribution in [0.2, 0.25) is 5.02 Å². The van der Waals surface area contributed by atoms with Gasteiger partial charge in [-0.2, -0.15) is 0 Å². The predicted molar refractivity (Wildman–Crippen MR) is 90.5 cm³/mol. The number of rotatable bonds is 3. The van der Waals surface area contributed by atoms with Crippen molar-refractivity contribution in [3.63, 3.8) is 0 Å². The van der Waals surface area contributed by atoms with Gasteiger partial charge in [0, 0.05) is 23.5 Å². The molecule has 1 N–H and O–H groups in total. The maximum Gasteiger partial charge on any atom is 0.223 e. The molecule has 0 saturated carbocycles. The Morgan fingerprint density at radius 1 is 1.17 bits per heavy atom. The first-order valence-corrected chi connectivity index (χ1v) is 7.52. The summed E-state index contributed by atoms with van der Waals surface area (Å²) in [6.07, 6.45) is 5.37. The minimum absolute atomic E-state index is 0.301. The van der Waals surface area contributed by atoms with Crippen molar-refractivity contribution in [1.82, 2.24) is 9.55 Å². The predicted octanol–water partition coefficient (Wildman–Crippen LogP) is 3.49. The number of benzene rings is 1. The fourth-order valence-corrected chi connectivity index (χ4v) is 2.51.